The molecule has 2 aliphatic heterocycles. The third-order valence-electron chi connectivity index (χ3n) is 6.70. The first-order valence-corrected chi connectivity index (χ1v) is 11.8. The van der Waals surface area contributed by atoms with Crippen LogP contribution in [0.2, 0.25) is 0 Å². The van der Waals surface area contributed by atoms with Crippen molar-refractivity contribution >= 4 is 29.0 Å². The third-order valence-corrected chi connectivity index (χ3v) is 6.70. The lowest BCUT2D eigenvalue weighted by Crippen LogP contribution is -2.46. The highest BCUT2D eigenvalue weighted by atomic mass is 16.2. The summed E-state index contributed by atoms with van der Waals surface area (Å²) in [5.41, 5.74) is 5.45. The van der Waals surface area contributed by atoms with E-state index in [2.05, 4.69) is 15.7 Å². The average Bonchev–Trinajstić information content (AvgIpc) is 3.11. The number of carbonyl (C=O) groups is 2. The Morgan fingerprint density at radius 2 is 1.88 bits per heavy atom. The predicted octanol–water partition coefficient (Wildman–Crippen LogP) is 3.00. The Kier molecular flexibility index (Phi) is 6.06. The van der Waals surface area contributed by atoms with Crippen LogP contribution in [0.25, 0.3) is 0 Å². The second-order valence-corrected chi connectivity index (χ2v) is 8.95. The molecule has 3 aromatic rings. The minimum Gasteiger partial charge on any atom is -0.340 e. The zero-order valence-corrected chi connectivity index (χ0v) is 19.7. The molecule has 0 saturated carbocycles. The fourth-order valence-electron chi connectivity index (χ4n) is 4.72. The van der Waals surface area contributed by atoms with E-state index >= 15 is 0 Å². The van der Waals surface area contributed by atoms with Crippen LogP contribution in [0.5, 0.6) is 0 Å². The smallest absolute Gasteiger partial charge is 0.258 e. The van der Waals surface area contributed by atoms with E-state index in [9.17, 15) is 9.59 Å². The summed E-state index contributed by atoms with van der Waals surface area (Å²) < 4.78 is 1.79. The van der Waals surface area contributed by atoms with Crippen molar-refractivity contribution in [3.63, 3.8) is 0 Å². The van der Waals surface area contributed by atoms with E-state index in [1.165, 1.54) is 0 Å². The van der Waals surface area contributed by atoms with Crippen LogP contribution in [-0.4, -0.2) is 52.7 Å². The van der Waals surface area contributed by atoms with Crippen LogP contribution < -0.4 is 15.5 Å². The Bertz CT molecular complexity index is 1230. The molecule has 8 nitrogen and oxygen atoms in total. The van der Waals surface area contributed by atoms with Crippen LogP contribution in [0.3, 0.4) is 0 Å². The van der Waals surface area contributed by atoms with E-state index in [0.717, 1.165) is 60.1 Å². The maximum absolute atomic E-state index is 13.7. The lowest BCUT2D eigenvalue weighted by atomic mass is 10.00. The quantitative estimate of drug-likeness (QED) is 0.628. The molecule has 176 valence electrons. The molecule has 1 fully saturated rings. The highest BCUT2D eigenvalue weighted by molar-refractivity contribution is 6.08. The molecule has 0 unspecified atom stereocenters. The Morgan fingerprint density at radius 1 is 1.09 bits per heavy atom. The Hall–Kier alpha value is -3.65. The van der Waals surface area contributed by atoms with E-state index in [4.69, 9.17) is 0 Å². The number of rotatable bonds is 4. The van der Waals surface area contributed by atoms with Gasteiger partial charge in [0.15, 0.2) is 0 Å². The van der Waals surface area contributed by atoms with Crippen LogP contribution in [-0.2, 0) is 24.8 Å². The maximum Gasteiger partial charge on any atom is 0.258 e. The van der Waals surface area contributed by atoms with Gasteiger partial charge in [0, 0.05) is 50.8 Å². The van der Waals surface area contributed by atoms with Crippen molar-refractivity contribution < 1.29 is 9.59 Å². The second kappa shape index (κ2) is 9.30. The van der Waals surface area contributed by atoms with Gasteiger partial charge in [-0.3, -0.25) is 14.3 Å². The lowest BCUT2D eigenvalue weighted by molar-refractivity contribution is -0.131. The third kappa shape index (κ3) is 4.28. The fourth-order valence-corrected chi connectivity index (χ4v) is 4.72. The van der Waals surface area contributed by atoms with Crippen LogP contribution in [0.1, 0.15) is 33.5 Å². The van der Waals surface area contributed by atoms with Crippen LogP contribution in [0.4, 0.5) is 17.2 Å². The highest BCUT2D eigenvalue weighted by Gasteiger charge is 2.27. The zero-order valence-electron chi connectivity index (χ0n) is 19.7. The van der Waals surface area contributed by atoms with Crippen LogP contribution in [0, 0.1) is 6.92 Å². The second-order valence-electron chi connectivity index (χ2n) is 8.95. The molecule has 0 aliphatic carbocycles. The van der Waals surface area contributed by atoms with Gasteiger partial charge in [0.2, 0.25) is 5.91 Å². The van der Waals surface area contributed by atoms with E-state index in [1.54, 1.807) is 15.8 Å². The number of carbonyl (C=O) groups excluding carboxylic acids is 2. The molecule has 1 saturated heterocycles. The lowest BCUT2D eigenvalue weighted by Gasteiger charge is -2.27. The molecule has 1 aromatic heterocycles. The molecule has 0 atom stereocenters. The van der Waals surface area contributed by atoms with Gasteiger partial charge in [0.1, 0.15) is 5.82 Å². The van der Waals surface area contributed by atoms with Crippen molar-refractivity contribution in [1.82, 2.24) is 20.0 Å². The first-order chi connectivity index (χ1) is 16.5. The van der Waals surface area contributed by atoms with Gasteiger partial charge in [-0.2, -0.15) is 5.10 Å². The normalized spacial score (nSPS) is 15.2. The number of nitrogens with one attached hydrogen (secondary N) is 2. The SMILES string of the molecule is Cc1cc(C(=O)N2Cc3cnn(C)c3Nc3ccccc32)ccc1CCC(=O)N1CCNCC1. The summed E-state index contributed by atoms with van der Waals surface area (Å²) in [5, 5.41) is 11.1. The van der Waals surface area contributed by atoms with Gasteiger partial charge in [-0.1, -0.05) is 18.2 Å². The first kappa shape index (κ1) is 22.2. The van der Waals surface area contributed by atoms with Crippen molar-refractivity contribution in [2.45, 2.75) is 26.3 Å². The van der Waals surface area contributed by atoms with Gasteiger partial charge in [0.05, 0.1) is 24.1 Å². The first-order valence-electron chi connectivity index (χ1n) is 11.8. The van der Waals surface area contributed by atoms with Crippen molar-refractivity contribution in [3.05, 3.63) is 70.9 Å². The molecule has 0 radical (unpaired) electrons. The molecule has 8 heteroatoms. The number of amides is 2. The maximum atomic E-state index is 13.7. The Labute approximate surface area is 199 Å². The summed E-state index contributed by atoms with van der Waals surface area (Å²) in [6, 6.07) is 13.6. The summed E-state index contributed by atoms with van der Waals surface area (Å²) in [7, 11) is 1.89. The monoisotopic (exact) mass is 458 g/mol. The number of para-hydroxylation sites is 2. The molecular weight excluding hydrogens is 428 g/mol. The average molecular weight is 459 g/mol. The summed E-state index contributed by atoms with van der Waals surface area (Å²) in [6.07, 6.45) is 2.97. The van der Waals surface area contributed by atoms with Crippen LogP contribution in [0.15, 0.2) is 48.7 Å². The van der Waals surface area contributed by atoms with Gasteiger partial charge in [-0.25, -0.2) is 0 Å². The number of anilines is 3. The van der Waals surface area contributed by atoms with Crippen molar-refractivity contribution in [1.29, 1.82) is 0 Å². The summed E-state index contributed by atoms with van der Waals surface area (Å²) in [6.45, 7) is 5.71. The summed E-state index contributed by atoms with van der Waals surface area (Å²) in [5.74, 6) is 1.03. The minimum atomic E-state index is -0.0579. The number of piperazine rings is 1. The van der Waals surface area contributed by atoms with E-state index in [0.29, 0.717) is 24.9 Å². The molecule has 2 aromatic carbocycles. The molecule has 0 spiro atoms. The molecule has 5 rings (SSSR count). The van der Waals surface area contributed by atoms with Crippen molar-refractivity contribution in [2.24, 2.45) is 7.05 Å². The Balaban J connectivity index is 1.35. The fraction of sp³-hybridized carbons (Fsp3) is 0.346. The molecule has 2 aliphatic rings. The molecule has 34 heavy (non-hydrogen) atoms. The minimum absolute atomic E-state index is 0.0579. The summed E-state index contributed by atoms with van der Waals surface area (Å²) >= 11 is 0. The number of hydrogen-bond donors (Lipinski definition) is 2. The van der Waals surface area contributed by atoms with Gasteiger partial charge < -0.3 is 20.4 Å². The number of benzene rings is 2. The number of nitrogens with zero attached hydrogens (tertiary/aromatic N) is 4. The number of aromatic nitrogens is 2. The largest absolute Gasteiger partial charge is 0.340 e. The van der Waals surface area contributed by atoms with E-state index < -0.39 is 0 Å². The number of fused-ring (bicyclic) bond motifs is 2. The molecule has 3 heterocycles. The predicted molar refractivity (Wildman–Crippen MR) is 132 cm³/mol. The molecule has 2 amide bonds. The van der Waals surface area contributed by atoms with Crippen LogP contribution >= 0.6 is 0 Å². The van der Waals surface area contributed by atoms with E-state index in [-0.39, 0.29) is 11.8 Å². The molecular formula is C26H30N6O2. The standard InChI is InChI=1S/C26H30N6O2/c1-18-15-20(8-7-19(18)9-10-24(33)31-13-11-27-12-14-31)26(34)32-17-21-16-28-30(2)25(21)29-22-5-3-4-6-23(22)32/h3-8,15-16,27,29H,9-14,17H2,1-2H3. The van der Waals surface area contributed by atoms with E-state index in [1.807, 2.05) is 61.3 Å². The van der Waals surface area contributed by atoms with Gasteiger partial charge >= 0.3 is 0 Å². The Morgan fingerprint density at radius 3 is 2.68 bits per heavy atom. The van der Waals surface area contributed by atoms with Crippen molar-refractivity contribution in [2.75, 3.05) is 36.4 Å². The van der Waals surface area contributed by atoms with Gasteiger partial charge in [0.25, 0.3) is 5.91 Å². The highest BCUT2D eigenvalue weighted by Crippen LogP contribution is 2.36. The van der Waals surface area contributed by atoms with Gasteiger partial charge in [-0.15, -0.1) is 0 Å². The van der Waals surface area contributed by atoms with Crippen molar-refractivity contribution in [3.8, 4) is 0 Å². The number of aryl methyl sites for hydroxylation is 3. The van der Waals surface area contributed by atoms with Gasteiger partial charge in [-0.05, 0) is 48.7 Å². The topological polar surface area (TPSA) is 82.5 Å². The zero-order chi connectivity index (χ0) is 23.7. The molecule has 0 bridgehead atoms. The molecule has 2 N–H and O–H groups in total. The summed E-state index contributed by atoms with van der Waals surface area (Å²) in [4.78, 5) is 29.9. The number of hydrogen-bond acceptors (Lipinski definition) is 5.